The topological polar surface area (TPSA) is 90.1 Å². The van der Waals surface area contributed by atoms with Gasteiger partial charge in [-0.25, -0.2) is 4.98 Å². The van der Waals surface area contributed by atoms with Crippen LogP contribution in [-0.2, 0) is 0 Å². The number of ether oxygens (including phenoxy) is 1. The van der Waals surface area contributed by atoms with Crippen LogP contribution in [0.25, 0.3) is 0 Å². The van der Waals surface area contributed by atoms with E-state index in [0.29, 0.717) is 0 Å². The molecule has 1 aromatic heterocycles. The SMILES string of the molecule is COc1ccc(C(C)NC(=O)c2cncc(N)n2)cc1. The summed E-state index contributed by atoms with van der Waals surface area (Å²) in [6, 6.07) is 7.33. The minimum absolute atomic E-state index is 0.156. The highest BCUT2D eigenvalue weighted by Crippen LogP contribution is 2.17. The van der Waals surface area contributed by atoms with E-state index in [2.05, 4.69) is 15.3 Å². The maximum atomic E-state index is 12.0. The van der Waals surface area contributed by atoms with Crippen LogP contribution < -0.4 is 15.8 Å². The Morgan fingerprint density at radius 2 is 2.00 bits per heavy atom. The number of hydrogen-bond acceptors (Lipinski definition) is 5. The number of carbonyl (C=O) groups excluding carboxylic acids is 1. The van der Waals surface area contributed by atoms with Crippen LogP contribution in [0.4, 0.5) is 5.82 Å². The monoisotopic (exact) mass is 272 g/mol. The van der Waals surface area contributed by atoms with Crippen molar-refractivity contribution in [3.63, 3.8) is 0 Å². The number of nitrogens with one attached hydrogen (secondary N) is 1. The molecule has 0 saturated carbocycles. The molecule has 0 aliphatic heterocycles. The lowest BCUT2D eigenvalue weighted by atomic mass is 10.1. The average molecular weight is 272 g/mol. The quantitative estimate of drug-likeness (QED) is 0.881. The van der Waals surface area contributed by atoms with Crippen LogP contribution in [-0.4, -0.2) is 23.0 Å². The van der Waals surface area contributed by atoms with Crippen molar-refractivity contribution < 1.29 is 9.53 Å². The molecule has 104 valence electrons. The summed E-state index contributed by atoms with van der Waals surface area (Å²) in [5, 5.41) is 2.84. The highest BCUT2D eigenvalue weighted by Gasteiger charge is 2.13. The fourth-order valence-electron chi connectivity index (χ4n) is 1.74. The predicted octanol–water partition coefficient (Wildman–Crippen LogP) is 1.56. The minimum Gasteiger partial charge on any atom is -0.497 e. The van der Waals surface area contributed by atoms with Crippen LogP contribution in [0, 0.1) is 0 Å². The molecule has 2 rings (SSSR count). The molecule has 6 nitrogen and oxygen atoms in total. The third-order valence-electron chi connectivity index (χ3n) is 2.85. The minimum atomic E-state index is -0.312. The number of methoxy groups -OCH3 is 1. The van der Waals surface area contributed by atoms with Gasteiger partial charge in [0.15, 0.2) is 0 Å². The molecule has 0 spiro atoms. The number of rotatable bonds is 4. The summed E-state index contributed by atoms with van der Waals surface area (Å²) in [4.78, 5) is 19.8. The van der Waals surface area contributed by atoms with Gasteiger partial charge in [0.1, 0.15) is 17.3 Å². The first-order valence-electron chi connectivity index (χ1n) is 6.12. The van der Waals surface area contributed by atoms with Crippen molar-refractivity contribution in [2.75, 3.05) is 12.8 Å². The Bertz CT molecular complexity index is 598. The first-order chi connectivity index (χ1) is 9.60. The number of anilines is 1. The van der Waals surface area contributed by atoms with Gasteiger partial charge in [0.2, 0.25) is 0 Å². The molecule has 0 fully saturated rings. The van der Waals surface area contributed by atoms with Gasteiger partial charge in [-0.2, -0.15) is 0 Å². The second kappa shape index (κ2) is 6.01. The predicted molar refractivity (Wildman–Crippen MR) is 75.3 cm³/mol. The van der Waals surface area contributed by atoms with E-state index in [0.717, 1.165) is 11.3 Å². The van der Waals surface area contributed by atoms with Crippen molar-refractivity contribution in [3.8, 4) is 5.75 Å². The van der Waals surface area contributed by atoms with Crippen LogP contribution in [0.3, 0.4) is 0 Å². The normalized spacial score (nSPS) is 11.7. The smallest absolute Gasteiger partial charge is 0.272 e. The van der Waals surface area contributed by atoms with E-state index in [-0.39, 0.29) is 23.5 Å². The molecule has 20 heavy (non-hydrogen) atoms. The molecule has 6 heteroatoms. The first kappa shape index (κ1) is 13.8. The fourth-order valence-corrected chi connectivity index (χ4v) is 1.74. The zero-order valence-electron chi connectivity index (χ0n) is 11.3. The molecule has 0 aliphatic rings. The number of aromatic nitrogens is 2. The maximum absolute atomic E-state index is 12.0. The van der Waals surface area contributed by atoms with E-state index in [1.807, 2.05) is 31.2 Å². The van der Waals surface area contributed by atoms with Crippen LogP contribution in [0.2, 0.25) is 0 Å². The third kappa shape index (κ3) is 3.23. The molecular formula is C14H16N4O2. The van der Waals surface area contributed by atoms with Gasteiger partial charge in [0.25, 0.3) is 5.91 Å². The molecule has 1 atom stereocenters. The third-order valence-corrected chi connectivity index (χ3v) is 2.85. The summed E-state index contributed by atoms with van der Waals surface area (Å²) in [7, 11) is 1.61. The lowest BCUT2D eigenvalue weighted by Crippen LogP contribution is -2.27. The van der Waals surface area contributed by atoms with Crippen LogP contribution >= 0.6 is 0 Å². The van der Waals surface area contributed by atoms with Crippen molar-refractivity contribution in [2.24, 2.45) is 0 Å². The average Bonchev–Trinajstić information content (AvgIpc) is 2.47. The summed E-state index contributed by atoms with van der Waals surface area (Å²) >= 11 is 0. The van der Waals surface area contributed by atoms with Crippen LogP contribution in [0.5, 0.6) is 5.75 Å². The highest BCUT2D eigenvalue weighted by molar-refractivity contribution is 5.92. The van der Waals surface area contributed by atoms with Gasteiger partial charge in [-0.05, 0) is 24.6 Å². The van der Waals surface area contributed by atoms with E-state index in [4.69, 9.17) is 10.5 Å². The van der Waals surface area contributed by atoms with E-state index in [1.54, 1.807) is 7.11 Å². The van der Waals surface area contributed by atoms with E-state index in [1.165, 1.54) is 12.4 Å². The number of nitrogens with zero attached hydrogens (tertiary/aromatic N) is 2. The molecule has 3 N–H and O–H groups in total. The largest absolute Gasteiger partial charge is 0.497 e. The highest BCUT2D eigenvalue weighted by atomic mass is 16.5. The Morgan fingerprint density at radius 3 is 2.60 bits per heavy atom. The number of hydrogen-bond donors (Lipinski definition) is 2. The molecule has 0 radical (unpaired) electrons. The maximum Gasteiger partial charge on any atom is 0.272 e. The Morgan fingerprint density at radius 1 is 1.30 bits per heavy atom. The lowest BCUT2D eigenvalue weighted by molar-refractivity contribution is 0.0934. The molecular weight excluding hydrogens is 256 g/mol. The number of amides is 1. The molecule has 1 amide bonds. The molecule has 0 saturated heterocycles. The number of nitrogen functional groups attached to an aromatic ring is 1. The first-order valence-corrected chi connectivity index (χ1v) is 6.12. The standard InChI is InChI=1S/C14H16N4O2/c1-9(10-3-5-11(20-2)6-4-10)17-14(19)12-7-16-8-13(15)18-12/h3-9H,1-2H3,(H2,15,18)(H,17,19). The molecule has 1 heterocycles. The Kier molecular flexibility index (Phi) is 4.14. The molecule has 2 aromatic rings. The van der Waals surface area contributed by atoms with Crippen molar-refractivity contribution in [1.82, 2.24) is 15.3 Å². The van der Waals surface area contributed by atoms with Gasteiger partial charge >= 0.3 is 0 Å². The number of nitrogens with two attached hydrogens (primary N) is 1. The van der Waals surface area contributed by atoms with Crippen molar-refractivity contribution >= 4 is 11.7 Å². The zero-order chi connectivity index (χ0) is 14.5. The van der Waals surface area contributed by atoms with Gasteiger partial charge in [-0.1, -0.05) is 12.1 Å². The number of benzene rings is 1. The van der Waals surface area contributed by atoms with Gasteiger partial charge < -0.3 is 15.8 Å². The van der Waals surface area contributed by atoms with Gasteiger partial charge in [-0.15, -0.1) is 0 Å². The van der Waals surface area contributed by atoms with Crippen molar-refractivity contribution in [3.05, 3.63) is 47.9 Å². The molecule has 1 unspecified atom stereocenters. The zero-order valence-corrected chi connectivity index (χ0v) is 11.3. The molecule has 0 bridgehead atoms. The fraction of sp³-hybridized carbons (Fsp3) is 0.214. The molecule has 0 aliphatic carbocycles. The van der Waals surface area contributed by atoms with Crippen LogP contribution in [0.15, 0.2) is 36.7 Å². The second-order valence-corrected chi connectivity index (χ2v) is 4.30. The van der Waals surface area contributed by atoms with Gasteiger partial charge in [-0.3, -0.25) is 9.78 Å². The number of carbonyl (C=O) groups is 1. The summed E-state index contributed by atoms with van der Waals surface area (Å²) in [5.74, 6) is 0.678. The van der Waals surface area contributed by atoms with Crippen molar-refractivity contribution in [2.45, 2.75) is 13.0 Å². The lowest BCUT2D eigenvalue weighted by Gasteiger charge is -2.14. The second-order valence-electron chi connectivity index (χ2n) is 4.30. The van der Waals surface area contributed by atoms with Crippen LogP contribution in [0.1, 0.15) is 29.0 Å². The summed E-state index contributed by atoms with van der Waals surface area (Å²) in [6.45, 7) is 1.89. The summed E-state index contributed by atoms with van der Waals surface area (Å²) < 4.78 is 5.09. The van der Waals surface area contributed by atoms with Crippen molar-refractivity contribution in [1.29, 1.82) is 0 Å². The Balaban J connectivity index is 2.06. The Hall–Kier alpha value is -2.63. The summed E-state index contributed by atoms with van der Waals surface area (Å²) in [5.41, 5.74) is 6.67. The van der Waals surface area contributed by atoms with Gasteiger partial charge in [0, 0.05) is 0 Å². The van der Waals surface area contributed by atoms with E-state index < -0.39 is 0 Å². The Labute approximate surface area is 117 Å². The summed E-state index contributed by atoms with van der Waals surface area (Å²) in [6.07, 6.45) is 2.77. The van der Waals surface area contributed by atoms with E-state index in [9.17, 15) is 4.79 Å². The van der Waals surface area contributed by atoms with E-state index >= 15 is 0 Å². The van der Waals surface area contributed by atoms with Gasteiger partial charge in [0.05, 0.1) is 25.5 Å². The molecule has 1 aromatic carbocycles.